The van der Waals surface area contributed by atoms with E-state index in [1.165, 1.54) is 0 Å². The molecule has 1 aromatic heterocycles. The maximum Gasteiger partial charge on any atom is 0.317 e. The summed E-state index contributed by atoms with van der Waals surface area (Å²) in [5.74, 6) is -0.960. The minimum absolute atomic E-state index is 0.211. The smallest absolute Gasteiger partial charge is 0.317 e. The van der Waals surface area contributed by atoms with E-state index >= 15 is 0 Å². The van der Waals surface area contributed by atoms with E-state index in [4.69, 9.17) is 9.15 Å². The Morgan fingerprint density at radius 1 is 1.20 bits per heavy atom. The highest BCUT2D eigenvalue weighted by Crippen LogP contribution is 2.37. The van der Waals surface area contributed by atoms with Crippen LogP contribution in [0.1, 0.15) is 30.6 Å². The SMILES string of the molecule is CCOC(=O)C1C(=O)C=C(C=Cc2ccco2)CC1c1ccccc1. The molecule has 3 rings (SSSR count). The minimum atomic E-state index is -0.789. The Bertz CT molecular complexity index is 785. The Hall–Kier alpha value is -2.88. The van der Waals surface area contributed by atoms with Gasteiger partial charge in [0, 0.05) is 5.92 Å². The number of esters is 1. The minimum Gasteiger partial charge on any atom is -0.465 e. The van der Waals surface area contributed by atoms with Crippen molar-refractivity contribution in [3.05, 3.63) is 77.8 Å². The third kappa shape index (κ3) is 3.97. The van der Waals surface area contributed by atoms with Crippen molar-refractivity contribution in [2.75, 3.05) is 6.61 Å². The molecule has 0 radical (unpaired) electrons. The zero-order valence-corrected chi connectivity index (χ0v) is 14.1. The van der Waals surface area contributed by atoms with Crippen LogP contribution in [0.5, 0.6) is 0 Å². The summed E-state index contributed by atoms with van der Waals surface area (Å²) in [6, 6.07) is 13.3. The highest BCUT2D eigenvalue weighted by atomic mass is 16.5. The van der Waals surface area contributed by atoms with Crippen LogP contribution < -0.4 is 0 Å². The fraction of sp³-hybridized carbons (Fsp3) is 0.238. The van der Waals surface area contributed by atoms with Gasteiger partial charge in [0.05, 0.1) is 12.9 Å². The second kappa shape index (κ2) is 7.79. The first kappa shape index (κ1) is 17.0. The highest BCUT2D eigenvalue weighted by molar-refractivity contribution is 6.07. The predicted octanol–water partition coefficient (Wildman–Crippen LogP) is 4.16. The number of furan rings is 1. The van der Waals surface area contributed by atoms with Crippen molar-refractivity contribution in [2.24, 2.45) is 5.92 Å². The van der Waals surface area contributed by atoms with Crippen LogP contribution in [0.15, 0.2) is 70.9 Å². The molecule has 0 saturated carbocycles. The Morgan fingerprint density at radius 2 is 2.00 bits per heavy atom. The lowest BCUT2D eigenvalue weighted by molar-refractivity contribution is -0.151. The van der Waals surface area contributed by atoms with Crippen LogP contribution in [0.4, 0.5) is 0 Å². The molecule has 1 aliphatic rings. The van der Waals surface area contributed by atoms with E-state index in [1.54, 1.807) is 19.3 Å². The monoisotopic (exact) mass is 336 g/mol. The second-order valence-corrected chi connectivity index (χ2v) is 5.92. The molecule has 4 heteroatoms. The molecule has 2 atom stereocenters. The summed E-state index contributed by atoms with van der Waals surface area (Å²) >= 11 is 0. The number of carbonyl (C=O) groups is 2. The maximum absolute atomic E-state index is 12.6. The number of hydrogen-bond acceptors (Lipinski definition) is 4. The number of benzene rings is 1. The fourth-order valence-corrected chi connectivity index (χ4v) is 3.12. The van der Waals surface area contributed by atoms with E-state index in [9.17, 15) is 9.59 Å². The van der Waals surface area contributed by atoms with Crippen molar-refractivity contribution in [3.63, 3.8) is 0 Å². The van der Waals surface area contributed by atoms with Gasteiger partial charge in [0.2, 0.25) is 0 Å². The summed E-state index contributed by atoms with van der Waals surface area (Å²) in [5, 5.41) is 0. The number of allylic oxidation sites excluding steroid dienone is 3. The molecule has 128 valence electrons. The quantitative estimate of drug-likeness (QED) is 0.608. The second-order valence-electron chi connectivity index (χ2n) is 5.92. The summed E-state index contributed by atoms with van der Waals surface area (Å²) in [6.07, 6.45) is 7.43. The summed E-state index contributed by atoms with van der Waals surface area (Å²) in [4.78, 5) is 25.0. The molecule has 0 N–H and O–H groups in total. The molecule has 0 aliphatic heterocycles. The molecule has 0 amide bonds. The van der Waals surface area contributed by atoms with Crippen molar-refractivity contribution >= 4 is 17.8 Å². The van der Waals surface area contributed by atoms with Crippen molar-refractivity contribution in [1.82, 2.24) is 0 Å². The van der Waals surface area contributed by atoms with E-state index in [1.807, 2.05) is 54.6 Å². The molecular formula is C21H20O4. The van der Waals surface area contributed by atoms with E-state index in [-0.39, 0.29) is 18.3 Å². The zero-order chi connectivity index (χ0) is 17.6. The van der Waals surface area contributed by atoms with E-state index in [2.05, 4.69) is 0 Å². The van der Waals surface area contributed by atoms with E-state index in [0.29, 0.717) is 6.42 Å². The molecule has 1 aromatic carbocycles. The standard InChI is InChI=1S/C21H20O4/c1-2-24-21(23)20-18(16-7-4-3-5-8-16)13-15(14-19(20)22)10-11-17-9-6-12-25-17/h3-12,14,18,20H,2,13H2,1H3. The Labute approximate surface area is 146 Å². The van der Waals surface area contributed by atoms with Crippen LogP contribution in [0.2, 0.25) is 0 Å². The molecule has 0 spiro atoms. The van der Waals surface area contributed by atoms with Gasteiger partial charge in [-0.15, -0.1) is 0 Å². The van der Waals surface area contributed by atoms with Crippen molar-refractivity contribution in [3.8, 4) is 0 Å². The molecule has 2 unspecified atom stereocenters. The number of hydrogen-bond donors (Lipinski definition) is 0. The largest absolute Gasteiger partial charge is 0.465 e. The average molecular weight is 336 g/mol. The molecular weight excluding hydrogens is 316 g/mol. The third-order valence-corrected chi connectivity index (χ3v) is 4.27. The number of ketones is 1. The van der Waals surface area contributed by atoms with E-state index in [0.717, 1.165) is 16.9 Å². The van der Waals surface area contributed by atoms with E-state index < -0.39 is 11.9 Å². The Morgan fingerprint density at radius 3 is 2.68 bits per heavy atom. The summed E-state index contributed by atoms with van der Waals surface area (Å²) < 4.78 is 10.4. The highest BCUT2D eigenvalue weighted by Gasteiger charge is 2.38. The Balaban J connectivity index is 1.90. The molecule has 4 nitrogen and oxygen atoms in total. The van der Waals surface area contributed by atoms with Crippen LogP contribution in [0.3, 0.4) is 0 Å². The maximum atomic E-state index is 12.6. The van der Waals surface area contributed by atoms with Gasteiger partial charge in [0.15, 0.2) is 5.78 Å². The lowest BCUT2D eigenvalue weighted by atomic mass is 9.75. The van der Waals surface area contributed by atoms with Gasteiger partial charge in [0.1, 0.15) is 11.7 Å². The molecule has 2 aromatic rings. The number of carbonyl (C=O) groups excluding carboxylic acids is 2. The number of rotatable bonds is 5. The zero-order valence-electron chi connectivity index (χ0n) is 14.1. The first-order chi connectivity index (χ1) is 12.2. The van der Waals surface area contributed by atoms with Crippen LogP contribution in [-0.4, -0.2) is 18.4 Å². The average Bonchev–Trinajstić information content (AvgIpc) is 3.14. The van der Waals surface area contributed by atoms with Gasteiger partial charge in [0.25, 0.3) is 0 Å². The van der Waals surface area contributed by atoms with Crippen molar-refractivity contribution in [1.29, 1.82) is 0 Å². The molecule has 1 aliphatic carbocycles. The first-order valence-corrected chi connectivity index (χ1v) is 8.36. The molecule has 25 heavy (non-hydrogen) atoms. The summed E-state index contributed by atoms with van der Waals surface area (Å²) in [6.45, 7) is 2.01. The lowest BCUT2D eigenvalue weighted by Gasteiger charge is -2.28. The molecule has 0 saturated heterocycles. The fourth-order valence-electron chi connectivity index (χ4n) is 3.12. The van der Waals surface area contributed by atoms with Crippen LogP contribution in [-0.2, 0) is 14.3 Å². The van der Waals surface area contributed by atoms with Gasteiger partial charge in [-0.1, -0.05) is 36.4 Å². The van der Waals surface area contributed by atoms with Crippen LogP contribution in [0.25, 0.3) is 6.08 Å². The van der Waals surface area contributed by atoms with Gasteiger partial charge in [-0.25, -0.2) is 0 Å². The van der Waals surface area contributed by atoms with Gasteiger partial charge < -0.3 is 9.15 Å². The van der Waals surface area contributed by atoms with Crippen molar-refractivity contribution in [2.45, 2.75) is 19.3 Å². The summed E-state index contributed by atoms with van der Waals surface area (Å²) in [7, 11) is 0. The summed E-state index contributed by atoms with van der Waals surface area (Å²) in [5.41, 5.74) is 1.83. The van der Waals surface area contributed by atoms with Crippen LogP contribution in [0, 0.1) is 5.92 Å². The van der Waals surface area contributed by atoms with Gasteiger partial charge in [-0.05, 0) is 48.8 Å². The third-order valence-electron chi connectivity index (χ3n) is 4.27. The lowest BCUT2D eigenvalue weighted by Crippen LogP contribution is -2.34. The molecule has 1 heterocycles. The molecule has 0 fully saturated rings. The van der Waals surface area contributed by atoms with Crippen molar-refractivity contribution < 1.29 is 18.7 Å². The normalized spacial score (nSPS) is 20.5. The topological polar surface area (TPSA) is 56.5 Å². The predicted molar refractivity (Wildman–Crippen MR) is 94.8 cm³/mol. The van der Waals surface area contributed by atoms with Gasteiger partial charge in [-0.3, -0.25) is 9.59 Å². The molecule has 0 bridgehead atoms. The van der Waals surface area contributed by atoms with Gasteiger partial charge >= 0.3 is 5.97 Å². The Kier molecular flexibility index (Phi) is 5.29. The van der Waals surface area contributed by atoms with Crippen LogP contribution >= 0.6 is 0 Å². The number of ether oxygens (including phenoxy) is 1. The van der Waals surface area contributed by atoms with Gasteiger partial charge in [-0.2, -0.15) is 0 Å². The first-order valence-electron chi connectivity index (χ1n) is 8.36.